The Bertz CT molecular complexity index is 1130. The van der Waals surface area contributed by atoms with E-state index in [1.165, 1.54) is 0 Å². The molecular formula is C22H28N8O2. The van der Waals surface area contributed by atoms with Gasteiger partial charge in [-0.2, -0.15) is 5.10 Å². The molecule has 2 unspecified atom stereocenters. The van der Waals surface area contributed by atoms with Gasteiger partial charge in [0.05, 0.1) is 17.9 Å². The van der Waals surface area contributed by atoms with Gasteiger partial charge < -0.3 is 19.4 Å². The minimum absolute atomic E-state index is 0.130. The van der Waals surface area contributed by atoms with Crippen molar-refractivity contribution in [3.05, 3.63) is 24.7 Å². The summed E-state index contributed by atoms with van der Waals surface area (Å²) in [4.78, 5) is 28.3. The molecule has 3 fully saturated rings. The molecule has 3 aliphatic rings. The second-order valence-corrected chi connectivity index (χ2v) is 9.10. The van der Waals surface area contributed by atoms with E-state index in [9.17, 15) is 4.79 Å². The van der Waals surface area contributed by atoms with E-state index in [-0.39, 0.29) is 24.2 Å². The van der Waals surface area contributed by atoms with Crippen molar-refractivity contribution in [3.8, 4) is 11.4 Å². The van der Waals surface area contributed by atoms with Crippen LogP contribution in [0.2, 0.25) is 0 Å². The number of carbonyl (C=O) groups is 1. The fourth-order valence-electron chi connectivity index (χ4n) is 5.29. The summed E-state index contributed by atoms with van der Waals surface area (Å²) in [6.45, 7) is 7.72. The van der Waals surface area contributed by atoms with Gasteiger partial charge in [-0.15, -0.1) is 0 Å². The average Bonchev–Trinajstić information content (AvgIpc) is 3.52. The van der Waals surface area contributed by atoms with E-state index in [4.69, 9.17) is 9.72 Å². The highest BCUT2D eigenvalue weighted by Gasteiger charge is 2.35. The zero-order valence-corrected chi connectivity index (χ0v) is 18.4. The molecule has 1 amide bonds. The molecule has 0 spiro atoms. The number of nitrogens with zero attached hydrogens (tertiary/aromatic N) is 7. The number of imidazole rings is 1. The Kier molecular flexibility index (Phi) is 4.56. The molecule has 1 N–H and O–H groups in total. The lowest BCUT2D eigenvalue weighted by atomic mass is 10.2. The van der Waals surface area contributed by atoms with E-state index < -0.39 is 0 Å². The van der Waals surface area contributed by atoms with Crippen molar-refractivity contribution in [1.82, 2.24) is 29.5 Å². The molecular weight excluding hydrogens is 408 g/mol. The maximum atomic E-state index is 11.9. The second-order valence-electron chi connectivity index (χ2n) is 9.10. The van der Waals surface area contributed by atoms with Gasteiger partial charge in [0.15, 0.2) is 5.65 Å². The number of nitrogens with one attached hydrogen (secondary N) is 1. The third kappa shape index (κ3) is 3.21. The number of piperazine rings is 1. The van der Waals surface area contributed by atoms with E-state index in [0.29, 0.717) is 13.1 Å². The summed E-state index contributed by atoms with van der Waals surface area (Å²) >= 11 is 0. The molecule has 3 saturated heterocycles. The largest absolute Gasteiger partial charge is 0.371 e. The van der Waals surface area contributed by atoms with Crippen molar-refractivity contribution in [3.63, 3.8) is 0 Å². The van der Waals surface area contributed by atoms with Gasteiger partial charge in [-0.1, -0.05) is 0 Å². The molecule has 168 valence electrons. The molecule has 10 nitrogen and oxygen atoms in total. The zero-order valence-electron chi connectivity index (χ0n) is 18.4. The first-order valence-electron chi connectivity index (χ1n) is 11.4. The molecule has 0 aromatic carbocycles. The van der Waals surface area contributed by atoms with Crippen molar-refractivity contribution in [1.29, 1.82) is 0 Å². The van der Waals surface area contributed by atoms with Crippen LogP contribution in [0.1, 0.15) is 26.7 Å². The van der Waals surface area contributed by atoms with Gasteiger partial charge in [0.1, 0.15) is 23.7 Å². The van der Waals surface area contributed by atoms with Gasteiger partial charge in [-0.25, -0.2) is 9.97 Å². The summed E-state index contributed by atoms with van der Waals surface area (Å²) < 4.78 is 8.12. The van der Waals surface area contributed by atoms with Crippen LogP contribution in [0.5, 0.6) is 0 Å². The molecule has 3 atom stereocenters. The zero-order chi connectivity index (χ0) is 21.8. The van der Waals surface area contributed by atoms with Crippen LogP contribution in [-0.4, -0.2) is 86.3 Å². The van der Waals surface area contributed by atoms with E-state index in [1.54, 1.807) is 13.1 Å². The summed E-state index contributed by atoms with van der Waals surface area (Å²) in [6, 6.07) is 4.28. The molecule has 6 rings (SSSR count). The van der Waals surface area contributed by atoms with Crippen LogP contribution < -0.4 is 9.80 Å². The van der Waals surface area contributed by atoms with Gasteiger partial charge in [-0.05, 0) is 25.8 Å². The van der Waals surface area contributed by atoms with Crippen LogP contribution in [0, 0.1) is 0 Å². The number of carbonyl (C=O) groups excluding carboxylic acids is 1. The molecule has 3 aliphatic heterocycles. The Morgan fingerprint density at radius 1 is 1.19 bits per heavy atom. The van der Waals surface area contributed by atoms with Crippen LogP contribution in [-0.2, 0) is 9.53 Å². The summed E-state index contributed by atoms with van der Waals surface area (Å²) in [5.74, 6) is 2.14. The van der Waals surface area contributed by atoms with Crippen LogP contribution in [0.4, 0.5) is 11.6 Å². The van der Waals surface area contributed by atoms with Crippen LogP contribution in [0.15, 0.2) is 24.7 Å². The fourth-order valence-corrected chi connectivity index (χ4v) is 5.29. The predicted octanol–water partition coefficient (Wildman–Crippen LogP) is 1.54. The molecule has 10 heteroatoms. The summed E-state index contributed by atoms with van der Waals surface area (Å²) in [5, 5.41) is 7.12. The van der Waals surface area contributed by atoms with Crippen LogP contribution >= 0.6 is 0 Å². The second kappa shape index (κ2) is 7.47. The van der Waals surface area contributed by atoms with E-state index >= 15 is 0 Å². The molecule has 3 aromatic heterocycles. The third-order valence-corrected chi connectivity index (χ3v) is 6.96. The number of aromatic amines is 1. The Morgan fingerprint density at radius 3 is 2.69 bits per heavy atom. The fraction of sp³-hybridized carbons (Fsp3) is 0.545. The number of morpholine rings is 1. The Hall–Kier alpha value is -3.14. The predicted molar refractivity (Wildman–Crippen MR) is 120 cm³/mol. The van der Waals surface area contributed by atoms with Crippen molar-refractivity contribution >= 4 is 23.2 Å². The van der Waals surface area contributed by atoms with E-state index in [2.05, 4.69) is 42.4 Å². The Labute approximate surface area is 186 Å². The normalized spacial score (nSPS) is 25.7. The lowest BCUT2D eigenvalue weighted by Gasteiger charge is -2.41. The minimum Gasteiger partial charge on any atom is -0.371 e. The SMILES string of the molecule is CC(=O)N1CCN(c2cc(N3CC4CCC(C3)O4)nc3c(-c4ccn[nH]4)ncn23)[C@H](C)C1. The molecule has 0 saturated carbocycles. The smallest absolute Gasteiger partial charge is 0.219 e. The van der Waals surface area contributed by atoms with Gasteiger partial charge in [0.25, 0.3) is 0 Å². The summed E-state index contributed by atoms with van der Waals surface area (Å²) in [5.41, 5.74) is 2.44. The first-order valence-corrected chi connectivity index (χ1v) is 11.4. The molecule has 0 aliphatic carbocycles. The lowest BCUT2D eigenvalue weighted by molar-refractivity contribution is -0.129. The van der Waals surface area contributed by atoms with E-state index in [0.717, 1.165) is 61.1 Å². The van der Waals surface area contributed by atoms with Crippen molar-refractivity contribution in [2.45, 2.75) is 44.9 Å². The molecule has 3 aromatic rings. The van der Waals surface area contributed by atoms with Crippen LogP contribution in [0.25, 0.3) is 17.0 Å². The molecule has 6 heterocycles. The quantitative estimate of drug-likeness (QED) is 0.666. The highest BCUT2D eigenvalue weighted by Crippen LogP contribution is 2.33. The lowest BCUT2D eigenvalue weighted by Crippen LogP contribution is -2.53. The van der Waals surface area contributed by atoms with Gasteiger partial charge >= 0.3 is 0 Å². The highest BCUT2D eigenvalue weighted by molar-refractivity contribution is 5.76. The standard InChI is InChI=1S/C22H28N8O2/c1-14-10-27(15(2)31)7-8-29(14)20-9-19(28-11-16-3-4-17(12-28)32-16)25-22-21(23-13-30(20)22)18-5-6-24-26-18/h5-6,9,13-14,16-17H,3-4,7-8,10-12H2,1-2H3,(H,24,26)/t14-,16?,17?/m1/s1. The number of aromatic nitrogens is 5. The highest BCUT2D eigenvalue weighted by atomic mass is 16.5. The van der Waals surface area contributed by atoms with Gasteiger partial charge in [-0.3, -0.25) is 14.3 Å². The number of hydrogen-bond donors (Lipinski definition) is 1. The Balaban J connectivity index is 1.44. The first kappa shape index (κ1) is 19.5. The molecule has 0 radical (unpaired) electrons. The monoisotopic (exact) mass is 436 g/mol. The maximum absolute atomic E-state index is 11.9. The summed E-state index contributed by atoms with van der Waals surface area (Å²) in [6.07, 6.45) is 6.37. The maximum Gasteiger partial charge on any atom is 0.219 e. The Morgan fingerprint density at radius 2 is 2.00 bits per heavy atom. The molecule has 32 heavy (non-hydrogen) atoms. The summed E-state index contributed by atoms with van der Waals surface area (Å²) in [7, 11) is 0. The first-order chi connectivity index (χ1) is 15.6. The minimum atomic E-state index is 0.130. The number of H-pyrrole nitrogens is 1. The van der Waals surface area contributed by atoms with Gasteiger partial charge in [0.2, 0.25) is 5.91 Å². The number of fused-ring (bicyclic) bond motifs is 3. The number of hydrogen-bond acceptors (Lipinski definition) is 7. The molecule has 2 bridgehead atoms. The number of rotatable bonds is 3. The van der Waals surface area contributed by atoms with Crippen molar-refractivity contribution < 1.29 is 9.53 Å². The van der Waals surface area contributed by atoms with E-state index in [1.807, 2.05) is 17.3 Å². The van der Waals surface area contributed by atoms with Crippen molar-refractivity contribution in [2.75, 3.05) is 42.5 Å². The third-order valence-electron chi connectivity index (χ3n) is 6.96. The van der Waals surface area contributed by atoms with Gasteiger partial charge in [0, 0.05) is 58.0 Å². The number of amides is 1. The van der Waals surface area contributed by atoms with Crippen LogP contribution in [0.3, 0.4) is 0 Å². The van der Waals surface area contributed by atoms with Crippen molar-refractivity contribution in [2.24, 2.45) is 0 Å². The average molecular weight is 437 g/mol. The number of anilines is 2. The topological polar surface area (TPSA) is 94.9 Å². The number of ether oxygens (including phenoxy) is 1.